The second-order valence-corrected chi connectivity index (χ2v) is 6.00. The van der Waals surface area contributed by atoms with Gasteiger partial charge in [0.15, 0.2) is 0 Å². The third kappa shape index (κ3) is 6.96. The van der Waals surface area contributed by atoms with E-state index in [1.165, 1.54) is 12.3 Å². The van der Waals surface area contributed by atoms with Gasteiger partial charge in [-0.05, 0) is 24.5 Å². The lowest BCUT2D eigenvalue weighted by atomic mass is 9.99. The molecule has 0 radical (unpaired) electrons. The van der Waals surface area contributed by atoms with Crippen LogP contribution in [-0.2, 0) is 4.79 Å². The summed E-state index contributed by atoms with van der Waals surface area (Å²) in [5, 5.41) is 2.27. The highest BCUT2D eigenvalue weighted by Gasteiger charge is 2.15. The molecule has 0 saturated heterocycles. The predicted octanol–water partition coefficient (Wildman–Crippen LogP) is 2.47. The van der Waals surface area contributed by atoms with Crippen LogP contribution < -0.4 is 16.8 Å². The van der Waals surface area contributed by atoms with E-state index >= 15 is 0 Å². The Balaban J connectivity index is 3.07. The Morgan fingerprint density at radius 3 is 2.68 bits per heavy atom. The van der Waals surface area contributed by atoms with E-state index in [1.54, 1.807) is 6.07 Å². The number of alkyl halides is 2. The number of halogens is 2. The second kappa shape index (κ2) is 10.5. The number of nitrogens with two attached hydrogens (primary N) is 2. The molecular weight excluding hydrogens is 328 g/mol. The molecule has 5 N–H and O–H groups in total. The van der Waals surface area contributed by atoms with E-state index in [2.05, 4.69) is 29.1 Å². The van der Waals surface area contributed by atoms with Crippen LogP contribution in [0.1, 0.15) is 50.4 Å². The first-order valence-corrected chi connectivity index (χ1v) is 8.09. The monoisotopic (exact) mass is 353 g/mol. The Morgan fingerprint density at radius 2 is 2.12 bits per heavy atom. The van der Waals surface area contributed by atoms with Crippen LogP contribution in [-0.4, -0.2) is 23.7 Å². The van der Waals surface area contributed by atoms with Gasteiger partial charge in [0.2, 0.25) is 6.41 Å². The van der Waals surface area contributed by atoms with Gasteiger partial charge in [0.1, 0.15) is 0 Å². The molecule has 0 aliphatic carbocycles. The first kappa shape index (κ1) is 20.7. The van der Waals surface area contributed by atoms with Crippen LogP contribution >= 0.6 is 0 Å². The van der Waals surface area contributed by atoms with Crippen molar-refractivity contribution in [1.29, 1.82) is 0 Å². The molecule has 1 heterocycles. The largest absolute Gasteiger partial charge is 0.403 e. The summed E-state index contributed by atoms with van der Waals surface area (Å²) in [4.78, 5) is 18.2. The zero-order valence-electron chi connectivity index (χ0n) is 14.5. The fourth-order valence-electron chi connectivity index (χ4n) is 2.35. The van der Waals surface area contributed by atoms with E-state index in [0.29, 0.717) is 23.6 Å². The number of rotatable bonds is 10. The molecule has 1 atom stereocenters. The maximum absolute atomic E-state index is 12.8. The third-order valence-electron chi connectivity index (χ3n) is 3.59. The molecule has 0 spiro atoms. The number of hydrogen-bond acceptors (Lipinski definition) is 5. The lowest BCUT2D eigenvalue weighted by Crippen LogP contribution is -2.23. The highest BCUT2D eigenvalue weighted by atomic mass is 19.3. The Morgan fingerprint density at radius 1 is 1.40 bits per heavy atom. The van der Waals surface area contributed by atoms with Crippen LogP contribution in [0.15, 0.2) is 35.2 Å². The highest BCUT2D eigenvalue weighted by molar-refractivity contribution is 6.13. The number of hydrogen-bond donors (Lipinski definition) is 3. The first-order chi connectivity index (χ1) is 11.9. The number of nitrogens with one attached hydrogen (secondary N) is 1. The van der Waals surface area contributed by atoms with Crippen LogP contribution in [0, 0.1) is 5.92 Å². The molecule has 6 nitrogen and oxygen atoms in total. The SMILES string of the molecule is CC(C)CCCC(N)c1cc(C(=N\C(F)F)/C(=C\N)NC=O)ccn1. The normalized spacial score (nSPS) is 14.0. The smallest absolute Gasteiger partial charge is 0.332 e. The maximum Gasteiger partial charge on any atom is 0.332 e. The summed E-state index contributed by atoms with van der Waals surface area (Å²) in [7, 11) is 0. The second-order valence-electron chi connectivity index (χ2n) is 6.00. The maximum atomic E-state index is 12.8. The third-order valence-corrected chi connectivity index (χ3v) is 3.59. The quantitative estimate of drug-likeness (QED) is 0.341. The summed E-state index contributed by atoms with van der Waals surface area (Å²) in [6, 6.07) is 2.80. The van der Waals surface area contributed by atoms with Gasteiger partial charge in [-0.3, -0.25) is 9.78 Å². The lowest BCUT2D eigenvalue weighted by molar-refractivity contribution is -0.108. The van der Waals surface area contributed by atoms with Crippen LogP contribution in [0.2, 0.25) is 0 Å². The Labute approximate surface area is 146 Å². The van der Waals surface area contributed by atoms with E-state index in [9.17, 15) is 13.6 Å². The molecule has 0 aromatic carbocycles. The van der Waals surface area contributed by atoms with Crippen molar-refractivity contribution in [2.75, 3.05) is 0 Å². The topological polar surface area (TPSA) is 106 Å². The fourth-order valence-corrected chi connectivity index (χ4v) is 2.35. The summed E-state index contributed by atoms with van der Waals surface area (Å²) < 4.78 is 25.6. The van der Waals surface area contributed by atoms with E-state index in [1.807, 2.05) is 0 Å². The minimum absolute atomic E-state index is 0.0131. The lowest BCUT2D eigenvalue weighted by Gasteiger charge is -2.15. The van der Waals surface area contributed by atoms with Crippen molar-refractivity contribution in [1.82, 2.24) is 10.3 Å². The molecule has 0 saturated carbocycles. The highest BCUT2D eigenvalue weighted by Crippen LogP contribution is 2.19. The van der Waals surface area contributed by atoms with Crippen molar-refractivity contribution in [3.8, 4) is 0 Å². The summed E-state index contributed by atoms with van der Waals surface area (Å²) in [6.07, 6.45) is 5.57. The molecule has 0 aliphatic heterocycles. The molecule has 0 bridgehead atoms. The number of nitrogens with zero attached hydrogens (tertiary/aromatic N) is 2. The van der Waals surface area contributed by atoms with Gasteiger partial charge in [-0.1, -0.05) is 26.7 Å². The molecule has 8 heteroatoms. The summed E-state index contributed by atoms with van der Waals surface area (Å²) in [5.74, 6) is 0.586. The van der Waals surface area contributed by atoms with Gasteiger partial charge in [-0.2, -0.15) is 8.78 Å². The van der Waals surface area contributed by atoms with Gasteiger partial charge in [0.25, 0.3) is 0 Å². The fraction of sp³-hybridized carbons (Fsp3) is 0.471. The van der Waals surface area contributed by atoms with Crippen molar-refractivity contribution >= 4 is 12.1 Å². The van der Waals surface area contributed by atoms with Crippen molar-refractivity contribution in [3.63, 3.8) is 0 Å². The minimum atomic E-state index is -2.95. The van der Waals surface area contributed by atoms with E-state index < -0.39 is 6.55 Å². The van der Waals surface area contributed by atoms with Gasteiger partial charge in [0, 0.05) is 24.0 Å². The number of allylic oxidation sites excluding steroid dienone is 1. The van der Waals surface area contributed by atoms with Crippen molar-refractivity contribution in [2.24, 2.45) is 22.4 Å². The first-order valence-electron chi connectivity index (χ1n) is 8.09. The van der Waals surface area contributed by atoms with Gasteiger partial charge in [0.05, 0.1) is 17.1 Å². The summed E-state index contributed by atoms with van der Waals surface area (Å²) in [5.41, 5.74) is 12.4. The Kier molecular flexibility index (Phi) is 8.69. The molecule has 25 heavy (non-hydrogen) atoms. The standard InChI is InChI=1S/C17H25F2N5O/c1-11(2)4-3-5-13(21)14-8-12(6-7-22-14)16(24-17(18)19)15(9-20)23-10-25/h6-11,13,17H,3-5,20-21H2,1-2H3,(H,23,25)/b15-9+,24-16+. The van der Waals surface area contributed by atoms with Gasteiger partial charge < -0.3 is 16.8 Å². The van der Waals surface area contributed by atoms with Crippen molar-refractivity contribution < 1.29 is 13.6 Å². The zero-order chi connectivity index (χ0) is 18.8. The molecule has 1 rings (SSSR count). The molecule has 0 fully saturated rings. The minimum Gasteiger partial charge on any atom is -0.403 e. The van der Waals surface area contributed by atoms with E-state index in [4.69, 9.17) is 11.5 Å². The number of carbonyl (C=O) groups excluding carboxylic acids is 1. The van der Waals surface area contributed by atoms with Gasteiger partial charge in [-0.15, -0.1) is 0 Å². The Bertz CT molecular complexity index is 617. The van der Waals surface area contributed by atoms with Crippen LogP contribution in [0.5, 0.6) is 0 Å². The Hall–Kier alpha value is -2.35. The van der Waals surface area contributed by atoms with Crippen LogP contribution in [0.3, 0.4) is 0 Å². The zero-order valence-corrected chi connectivity index (χ0v) is 14.5. The van der Waals surface area contributed by atoms with Gasteiger partial charge in [-0.25, -0.2) is 4.99 Å². The molecule has 1 aromatic rings. The molecule has 1 aromatic heterocycles. The summed E-state index contributed by atoms with van der Waals surface area (Å²) >= 11 is 0. The molecular formula is C17H25F2N5O. The van der Waals surface area contributed by atoms with Gasteiger partial charge >= 0.3 is 6.55 Å². The average Bonchev–Trinajstić information content (AvgIpc) is 2.57. The number of pyridine rings is 1. The van der Waals surface area contributed by atoms with E-state index in [0.717, 1.165) is 25.5 Å². The van der Waals surface area contributed by atoms with Crippen LogP contribution in [0.25, 0.3) is 0 Å². The number of aromatic nitrogens is 1. The predicted molar refractivity (Wildman–Crippen MR) is 93.9 cm³/mol. The number of amides is 1. The molecule has 0 aliphatic rings. The van der Waals surface area contributed by atoms with E-state index in [-0.39, 0.29) is 17.5 Å². The summed E-state index contributed by atoms with van der Waals surface area (Å²) in [6.45, 7) is 1.32. The van der Waals surface area contributed by atoms with Crippen molar-refractivity contribution in [2.45, 2.75) is 45.7 Å². The molecule has 1 amide bonds. The van der Waals surface area contributed by atoms with Crippen molar-refractivity contribution in [3.05, 3.63) is 41.5 Å². The number of carbonyl (C=O) groups is 1. The van der Waals surface area contributed by atoms with Crippen LogP contribution in [0.4, 0.5) is 8.78 Å². The number of aliphatic imine (C=N–C) groups is 1. The molecule has 1 unspecified atom stereocenters. The molecule has 138 valence electrons. The average molecular weight is 353 g/mol.